The van der Waals surface area contributed by atoms with Crippen molar-refractivity contribution in [2.75, 3.05) is 7.11 Å². The Morgan fingerprint density at radius 1 is 1.00 bits per heavy atom. The summed E-state index contributed by atoms with van der Waals surface area (Å²) in [4.78, 5) is 11.1. The molecule has 0 saturated carbocycles. The van der Waals surface area contributed by atoms with Crippen LogP contribution in [-0.4, -0.2) is 30.7 Å². The van der Waals surface area contributed by atoms with Crippen LogP contribution in [0.2, 0.25) is 0 Å². The minimum atomic E-state index is -0.0957. The third kappa shape index (κ3) is 9.96. The number of rotatable bonds is 13. The first kappa shape index (κ1) is 25.8. The van der Waals surface area contributed by atoms with Crippen LogP contribution in [0, 0.1) is 11.3 Å². The van der Waals surface area contributed by atoms with Crippen molar-refractivity contribution < 1.29 is 14.3 Å². The van der Waals surface area contributed by atoms with Gasteiger partial charge in [0.25, 0.3) is 0 Å². The molecular formula is C24H45ClO3. The highest BCUT2D eigenvalue weighted by Gasteiger charge is 2.42. The van der Waals surface area contributed by atoms with Gasteiger partial charge in [0.05, 0.1) is 19.3 Å². The Balaban J connectivity index is 2.39. The van der Waals surface area contributed by atoms with Crippen LogP contribution in [0.5, 0.6) is 0 Å². The average Bonchev–Trinajstić information content (AvgIpc) is 2.64. The van der Waals surface area contributed by atoms with E-state index in [-0.39, 0.29) is 22.9 Å². The number of hydrogen-bond acceptors (Lipinski definition) is 3. The van der Waals surface area contributed by atoms with E-state index in [1.54, 1.807) is 0 Å². The van der Waals surface area contributed by atoms with E-state index < -0.39 is 0 Å². The molecule has 4 heteroatoms. The topological polar surface area (TPSA) is 35.5 Å². The van der Waals surface area contributed by atoms with Gasteiger partial charge in [0.15, 0.2) is 0 Å². The summed E-state index contributed by atoms with van der Waals surface area (Å²) in [6.45, 7) is 9.13. The van der Waals surface area contributed by atoms with Crippen molar-refractivity contribution in [1.82, 2.24) is 0 Å². The van der Waals surface area contributed by atoms with E-state index in [1.807, 2.05) is 0 Å². The van der Waals surface area contributed by atoms with Crippen LogP contribution in [0.1, 0.15) is 111 Å². The van der Waals surface area contributed by atoms with Gasteiger partial charge in [-0.1, -0.05) is 79.1 Å². The first-order valence-electron chi connectivity index (χ1n) is 11.7. The zero-order chi connectivity index (χ0) is 21.0. The molecule has 0 bridgehead atoms. The lowest BCUT2D eigenvalue weighted by Gasteiger charge is -2.46. The zero-order valence-electron chi connectivity index (χ0n) is 19.1. The predicted octanol–water partition coefficient (Wildman–Crippen LogP) is 7.29. The van der Waals surface area contributed by atoms with Crippen molar-refractivity contribution in [1.29, 1.82) is 0 Å². The molecular weight excluding hydrogens is 372 g/mol. The molecule has 0 N–H and O–H groups in total. The van der Waals surface area contributed by atoms with Crippen molar-refractivity contribution >= 4 is 17.6 Å². The van der Waals surface area contributed by atoms with Crippen molar-refractivity contribution in [3.8, 4) is 0 Å². The number of hydrogen-bond donors (Lipinski definition) is 0. The van der Waals surface area contributed by atoms with Crippen LogP contribution >= 0.6 is 11.6 Å². The van der Waals surface area contributed by atoms with Crippen LogP contribution < -0.4 is 0 Å². The van der Waals surface area contributed by atoms with Gasteiger partial charge in [-0.05, 0) is 31.1 Å². The molecule has 1 saturated heterocycles. The van der Waals surface area contributed by atoms with E-state index in [0.717, 1.165) is 32.1 Å². The minimum absolute atomic E-state index is 0.0957. The summed E-state index contributed by atoms with van der Waals surface area (Å²) in [5, 5.41) is 0.230. The minimum Gasteiger partial charge on any atom is -0.469 e. The van der Waals surface area contributed by atoms with E-state index in [9.17, 15) is 4.79 Å². The summed E-state index contributed by atoms with van der Waals surface area (Å²) in [5.41, 5.74) is 0.125. The first-order chi connectivity index (χ1) is 13.3. The highest BCUT2D eigenvalue weighted by molar-refractivity contribution is 6.20. The maximum Gasteiger partial charge on any atom is 0.305 e. The van der Waals surface area contributed by atoms with Crippen LogP contribution in [0.4, 0.5) is 0 Å². The van der Waals surface area contributed by atoms with Gasteiger partial charge in [-0.3, -0.25) is 4.79 Å². The molecule has 1 aliphatic heterocycles. The molecule has 28 heavy (non-hydrogen) atoms. The Kier molecular flexibility index (Phi) is 12.7. The van der Waals surface area contributed by atoms with Crippen molar-refractivity contribution in [2.24, 2.45) is 11.3 Å². The number of halogens is 1. The second-order valence-corrected chi connectivity index (χ2v) is 10.3. The fourth-order valence-electron chi connectivity index (χ4n) is 4.42. The summed E-state index contributed by atoms with van der Waals surface area (Å²) in [7, 11) is 1.46. The molecule has 166 valence electrons. The van der Waals surface area contributed by atoms with E-state index >= 15 is 0 Å². The van der Waals surface area contributed by atoms with E-state index in [0.29, 0.717) is 18.4 Å². The van der Waals surface area contributed by atoms with Crippen molar-refractivity contribution in [3.05, 3.63) is 0 Å². The zero-order valence-corrected chi connectivity index (χ0v) is 19.9. The fourth-order valence-corrected chi connectivity index (χ4v) is 4.88. The van der Waals surface area contributed by atoms with Gasteiger partial charge < -0.3 is 9.47 Å². The molecule has 0 amide bonds. The van der Waals surface area contributed by atoms with Gasteiger partial charge in [-0.2, -0.15) is 0 Å². The normalized spacial score (nSPS) is 25.6. The van der Waals surface area contributed by atoms with E-state index in [2.05, 4.69) is 27.7 Å². The number of esters is 1. The van der Waals surface area contributed by atoms with Crippen molar-refractivity contribution in [2.45, 2.75) is 129 Å². The average molecular weight is 417 g/mol. The van der Waals surface area contributed by atoms with Crippen LogP contribution in [-0.2, 0) is 14.3 Å². The number of ether oxygens (including phenoxy) is 2. The highest BCUT2D eigenvalue weighted by atomic mass is 35.5. The summed E-state index contributed by atoms with van der Waals surface area (Å²) < 4.78 is 11.3. The second-order valence-electron chi connectivity index (χ2n) is 9.69. The Hall–Kier alpha value is -0.280. The molecule has 0 unspecified atom stereocenters. The van der Waals surface area contributed by atoms with Gasteiger partial charge in [0.2, 0.25) is 0 Å². The lowest BCUT2D eigenvalue weighted by molar-refractivity contribution is -0.140. The predicted molar refractivity (Wildman–Crippen MR) is 119 cm³/mol. The van der Waals surface area contributed by atoms with Gasteiger partial charge in [0, 0.05) is 17.7 Å². The molecule has 0 aromatic heterocycles. The standard InChI is InChI=1S/C24H45ClO3/c1-6-7-8-12-15-19-18-21(25)20(23(28-19)24(2,3)4)16-13-10-9-11-14-17-22(26)27-5/h19-21,23H,6-18H2,1-5H3/t19-,20-,21+,23-/m1/s1. The second kappa shape index (κ2) is 13.9. The number of carbonyl (C=O) groups is 1. The summed E-state index contributed by atoms with van der Waals surface area (Å²) in [5.74, 6) is 0.352. The summed E-state index contributed by atoms with van der Waals surface area (Å²) in [6.07, 6.45) is 15.2. The molecule has 0 spiro atoms. The van der Waals surface area contributed by atoms with Crippen LogP contribution in [0.15, 0.2) is 0 Å². The SMILES string of the molecule is CCCCCC[C@@H]1C[C@H](Cl)[C@@H](CCCCCCCC(=O)OC)[C@H](C(C)(C)C)O1. The van der Waals surface area contributed by atoms with Crippen molar-refractivity contribution in [3.63, 3.8) is 0 Å². The molecule has 1 fully saturated rings. The molecule has 0 aliphatic carbocycles. The third-order valence-electron chi connectivity index (χ3n) is 6.06. The maximum absolute atomic E-state index is 11.1. The van der Waals surface area contributed by atoms with E-state index in [1.165, 1.54) is 52.1 Å². The lowest BCUT2D eigenvalue weighted by atomic mass is 9.74. The largest absolute Gasteiger partial charge is 0.469 e. The van der Waals surface area contributed by atoms with Crippen LogP contribution in [0.25, 0.3) is 0 Å². The Bertz CT molecular complexity index is 419. The smallest absolute Gasteiger partial charge is 0.305 e. The van der Waals surface area contributed by atoms with Gasteiger partial charge >= 0.3 is 5.97 Å². The lowest BCUT2D eigenvalue weighted by Crippen LogP contribution is -2.48. The van der Waals surface area contributed by atoms with E-state index in [4.69, 9.17) is 21.1 Å². The monoisotopic (exact) mass is 416 g/mol. The Labute approximate surface area is 179 Å². The Morgan fingerprint density at radius 3 is 2.25 bits per heavy atom. The molecule has 0 aromatic carbocycles. The highest BCUT2D eigenvalue weighted by Crippen LogP contribution is 2.42. The van der Waals surface area contributed by atoms with Gasteiger partial charge in [-0.25, -0.2) is 0 Å². The number of methoxy groups -OCH3 is 1. The molecule has 4 atom stereocenters. The molecule has 1 rings (SSSR count). The molecule has 1 heterocycles. The number of alkyl halides is 1. The van der Waals surface area contributed by atoms with Gasteiger partial charge in [0.1, 0.15) is 0 Å². The van der Waals surface area contributed by atoms with Crippen LogP contribution in [0.3, 0.4) is 0 Å². The molecule has 1 aliphatic rings. The maximum atomic E-state index is 11.1. The molecule has 3 nitrogen and oxygen atoms in total. The molecule has 0 aromatic rings. The Morgan fingerprint density at radius 2 is 1.61 bits per heavy atom. The number of unbranched alkanes of at least 4 members (excludes halogenated alkanes) is 7. The summed E-state index contributed by atoms with van der Waals surface area (Å²) in [6, 6.07) is 0. The quantitative estimate of drug-likeness (QED) is 0.179. The van der Waals surface area contributed by atoms with Gasteiger partial charge in [-0.15, -0.1) is 11.6 Å². The fraction of sp³-hybridized carbons (Fsp3) is 0.958. The third-order valence-corrected chi connectivity index (χ3v) is 6.56. The number of carbonyl (C=O) groups excluding carboxylic acids is 1. The first-order valence-corrected chi connectivity index (χ1v) is 12.1. The molecule has 0 radical (unpaired) electrons. The summed E-state index contributed by atoms with van der Waals surface area (Å²) >= 11 is 6.90.